The first kappa shape index (κ1) is 16.6. The maximum Gasteiger partial charge on any atom is 0.163 e. The molecule has 0 aliphatic heterocycles. The first-order valence-corrected chi connectivity index (χ1v) is 8.68. The third kappa shape index (κ3) is 3.80. The lowest BCUT2D eigenvalue weighted by Gasteiger charge is -2.20. The Balaban J connectivity index is 1.98. The topological polar surface area (TPSA) is 30.0 Å². The van der Waals surface area contributed by atoms with Gasteiger partial charge in [0, 0.05) is 34.8 Å². The van der Waals surface area contributed by atoms with Crippen molar-refractivity contribution in [3.05, 3.63) is 99.8 Å². The number of halogens is 1. The number of rotatable bonds is 5. The second kappa shape index (κ2) is 7.54. The van der Waals surface area contributed by atoms with Crippen LogP contribution in [0.3, 0.4) is 0 Å². The van der Waals surface area contributed by atoms with Gasteiger partial charge in [0.25, 0.3) is 0 Å². The van der Waals surface area contributed by atoms with Crippen LogP contribution < -0.4 is 0 Å². The van der Waals surface area contributed by atoms with Gasteiger partial charge in [0.05, 0.1) is 0 Å². The van der Waals surface area contributed by atoms with Gasteiger partial charge >= 0.3 is 0 Å². The normalized spacial score (nSPS) is 11.9. The van der Waals surface area contributed by atoms with Gasteiger partial charge in [0.2, 0.25) is 0 Å². The Labute approximate surface area is 150 Å². The van der Waals surface area contributed by atoms with E-state index in [4.69, 9.17) is 0 Å². The van der Waals surface area contributed by atoms with Crippen LogP contribution in [0.4, 0.5) is 0 Å². The molecule has 0 saturated carbocycles. The number of nitrogens with zero attached hydrogens (tertiary/aromatic N) is 1. The molecule has 1 atom stereocenters. The van der Waals surface area contributed by atoms with Gasteiger partial charge in [0.15, 0.2) is 5.78 Å². The van der Waals surface area contributed by atoms with Crippen LogP contribution in [-0.2, 0) is 0 Å². The Bertz CT molecular complexity index is 828. The second-order valence-electron chi connectivity index (χ2n) is 5.82. The summed E-state index contributed by atoms with van der Waals surface area (Å²) in [5.41, 5.74) is 4.26. The summed E-state index contributed by atoms with van der Waals surface area (Å²) in [5.74, 6) is 0.175. The molecule has 120 valence electrons. The van der Waals surface area contributed by atoms with Crippen LogP contribution in [0.15, 0.2) is 77.5 Å². The van der Waals surface area contributed by atoms with E-state index >= 15 is 0 Å². The molecule has 1 aromatic heterocycles. The number of carbonyl (C=O) groups excluding carboxylic acids is 1. The van der Waals surface area contributed by atoms with Crippen LogP contribution in [0.1, 0.15) is 39.4 Å². The first-order chi connectivity index (χ1) is 11.6. The highest BCUT2D eigenvalue weighted by Crippen LogP contribution is 2.32. The highest BCUT2D eigenvalue weighted by molar-refractivity contribution is 9.10. The Morgan fingerprint density at radius 1 is 1.00 bits per heavy atom. The molecule has 0 aliphatic carbocycles. The molecule has 0 radical (unpaired) electrons. The number of benzene rings is 2. The van der Waals surface area contributed by atoms with Crippen molar-refractivity contribution in [1.82, 2.24) is 4.98 Å². The minimum atomic E-state index is 0.0416. The minimum Gasteiger partial charge on any atom is -0.294 e. The Kier molecular flexibility index (Phi) is 5.21. The zero-order valence-corrected chi connectivity index (χ0v) is 15.0. The van der Waals surface area contributed by atoms with Gasteiger partial charge in [-0.15, -0.1) is 0 Å². The molecule has 0 fully saturated rings. The van der Waals surface area contributed by atoms with Crippen molar-refractivity contribution in [1.29, 1.82) is 0 Å². The van der Waals surface area contributed by atoms with Crippen LogP contribution in [0.25, 0.3) is 0 Å². The Morgan fingerprint density at radius 3 is 2.33 bits per heavy atom. The molecule has 3 aromatic rings. The molecule has 0 bridgehead atoms. The van der Waals surface area contributed by atoms with E-state index in [0.717, 1.165) is 10.0 Å². The first-order valence-electron chi connectivity index (χ1n) is 7.89. The summed E-state index contributed by atoms with van der Waals surface area (Å²) < 4.78 is 1.04. The summed E-state index contributed by atoms with van der Waals surface area (Å²) in [6.45, 7) is 2.10. The van der Waals surface area contributed by atoms with Gasteiger partial charge in [0.1, 0.15) is 0 Å². The number of aryl methyl sites for hydroxylation is 1. The minimum absolute atomic E-state index is 0.0416. The second-order valence-corrected chi connectivity index (χ2v) is 6.74. The number of hydrogen-bond acceptors (Lipinski definition) is 2. The lowest BCUT2D eigenvalue weighted by molar-refractivity contribution is 0.0977. The van der Waals surface area contributed by atoms with Gasteiger partial charge in [-0.25, -0.2) is 0 Å². The zero-order chi connectivity index (χ0) is 16.9. The molecule has 1 heterocycles. The van der Waals surface area contributed by atoms with Crippen molar-refractivity contribution in [2.75, 3.05) is 0 Å². The van der Waals surface area contributed by atoms with E-state index in [-0.39, 0.29) is 11.7 Å². The summed E-state index contributed by atoms with van der Waals surface area (Å²) in [7, 11) is 0. The molecular weight excluding hydrogens is 362 g/mol. The molecule has 0 saturated heterocycles. The van der Waals surface area contributed by atoms with E-state index in [2.05, 4.69) is 52.1 Å². The third-order valence-corrected chi connectivity index (χ3v) is 4.76. The van der Waals surface area contributed by atoms with Gasteiger partial charge in [-0.2, -0.15) is 0 Å². The molecule has 2 nitrogen and oxygen atoms in total. The number of Topliss-reactive ketones (excluding diaryl/α,β-unsaturated/α-hetero) is 1. The fraction of sp³-hybridized carbons (Fsp3) is 0.143. The summed E-state index contributed by atoms with van der Waals surface area (Å²) in [6.07, 6.45) is 3.77. The van der Waals surface area contributed by atoms with Crippen LogP contribution in [0, 0.1) is 6.92 Å². The average molecular weight is 380 g/mol. The average Bonchev–Trinajstić information content (AvgIpc) is 2.62. The van der Waals surface area contributed by atoms with Crippen LogP contribution >= 0.6 is 15.9 Å². The van der Waals surface area contributed by atoms with Crippen molar-refractivity contribution in [2.24, 2.45) is 0 Å². The summed E-state index contributed by atoms with van der Waals surface area (Å²) in [5, 5.41) is 0. The number of aromatic nitrogens is 1. The fourth-order valence-corrected chi connectivity index (χ4v) is 3.19. The van der Waals surface area contributed by atoms with E-state index in [1.807, 2.05) is 24.3 Å². The lowest BCUT2D eigenvalue weighted by atomic mass is 9.84. The number of pyridine rings is 1. The summed E-state index contributed by atoms with van der Waals surface area (Å²) in [4.78, 5) is 16.7. The van der Waals surface area contributed by atoms with Crippen molar-refractivity contribution in [3.63, 3.8) is 0 Å². The van der Waals surface area contributed by atoms with Crippen LogP contribution in [0.2, 0.25) is 0 Å². The molecule has 0 aliphatic rings. The standard InChI is InChI=1S/C21H18BrNO/c1-15-4-2-3-5-19(15)20(16-6-8-18(22)9-7-16)14-21(24)17-10-12-23-13-11-17/h2-13,20H,14H2,1H3. The van der Waals surface area contributed by atoms with Crippen LogP contribution in [-0.4, -0.2) is 10.8 Å². The predicted octanol–water partition coefficient (Wildman–Crippen LogP) is 5.56. The van der Waals surface area contributed by atoms with Gasteiger partial charge < -0.3 is 0 Å². The number of hydrogen-bond donors (Lipinski definition) is 0. The van der Waals surface area contributed by atoms with Gasteiger partial charge in [-0.05, 0) is 47.9 Å². The maximum atomic E-state index is 12.7. The monoisotopic (exact) mass is 379 g/mol. The highest BCUT2D eigenvalue weighted by Gasteiger charge is 2.20. The molecule has 3 heteroatoms. The largest absolute Gasteiger partial charge is 0.294 e. The van der Waals surface area contributed by atoms with Gasteiger partial charge in [-0.3, -0.25) is 9.78 Å². The molecule has 0 spiro atoms. The molecule has 0 N–H and O–H groups in total. The third-order valence-electron chi connectivity index (χ3n) is 4.23. The van der Waals surface area contributed by atoms with E-state index < -0.39 is 0 Å². The van der Waals surface area contributed by atoms with E-state index in [0.29, 0.717) is 12.0 Å². The van der Waals surface area contributed by atoms with E-state index in [1.165, 1.54) is 11.1 Å². The van der Waals surface area contributed by atoms with Crippen molar-refractivity contribution in [3.8, 4) is 0 Å². The summed E-state index contributed by atoms with van der Waals surface area (Å²) >= 11 is 3.48. The zero-order valence-electron chi connectivity index (χ0n) is 13.4. The molecule has 0 amide bonds. The quantitative estimate of drug-likeness (QED) is 0.543. The van der Waals surface area contributed by atoms with E-state index in [9.17, 15) is 4.79 Å². The van der Waals surface area contributed by atoms with Crippen molar-refractivity contribution < 1.29 is 4.79 Å². The predicted molar refractivity (Wildman–Crippen MR) is 100 cm³/mol. The maximum absolute atomic E-state index is 12.7. The smallest absolute Gasteiger partial charge is 0.163 e. The lowest BCUT2D eigenvalue weighted by Crippen LogP contribution is -2.10. The Morgan fingerprint density at radius 2 is 1.67 bits per heavy atom. The van der Waals surface area contributed by atoms with Crippen molar-refractivity contribution in [2.45, 2.75) is 19.3 Å². The number of ketones is 1. The Hall–Kier alpha value is -2.26. The molecule has 24 heavy (non-hydrogen) atoms. The molecule has 2 aromatic carbocycles. The molecule has 3 rings (SSSR count). The number of carbonyl (C=O) groups is 1. The molecule has 1 unspecified atom stereocenters. The molecular formula is C21H18BrNO. The van der Waals surface area contributed by atoms with Crippen LogP contribution in [0.5, 0.6) is 0 Å². The highest BCUT2D eigenvalue weighted by atomic mass is 79.9. The fourth-order valence-electron chi connectivity index (χ4n) is 2.92. The SMILES string of the molecule is Cc1ccccc1C(CC(=O)c1ccncc1)c1ccc(Br)cc1. The van der Waals surface area contributed by atoms with Gasteiger partial charge in [-0.1, -0.05) is 52.3 Å². The summed E-state index contributed by atoms with van der Waals surface area (Å²) in [6, 6.07) is 20.0. The van der Waals surface area contributed by atoms with Crippen molar-refractivity contribution >= 4 is 21.7 Å². The van der Waals surface area contributed by atoms with E-state index in [1.54, 1.807) is 24.5 Å².